The van der Waals surface area contributed by atoms with Gasteiger partial charge in [0.25, 0.3) is 11.8 Å². The molecule has 4 atom stereocenters. The fourth-order valence-electron chi connectivity index (χ4n) is 7.15. The normalized spacial score (nSPS) is 22.2. The van der Waals surface area contributed by atoms with E-state index in [9.17, 15) is 14.7 Å². The van der Waals surface area contributed by atoms with Gasteiger partial charge in [0.1, 0.15) is 0 Å². The van der Waals surface area contributed by atoms with Gasteiger partial charge < -0.3 is 29.9 Å². The number of ether oxygens (including phenoxy) is 1. The number of carbonyl (C=O) groups excluding carboxylic acids is 2. The largest absolute Gasteiger partial charge is 0.399 e. The standard InChI is InChI=1S/C34H38ClFN6O4Si/c1-21-31(47(2,3)36)30(13-15-41-20-27(14-16-43)39-40-41)46-34(21)28-18-24(35)9-12-29(28)42(33(34)45)19-22-5-4-6-26(17-22)38-32(44)23-7-10-25(37)11-8-23/h4-12,17-18,20-21,30-31,43H,13-16,19,37H2,1-3H3,(H,38,44)/t21-,30+,31-,34+/m0/s1. The summed E-state index contributed by atoms with van der Waals surface area (Å²) in [6.45, 7) is 5.83. The summed E-state index contributed by atoms with van der Waals surface area (Å²) in [5, 5.41) is 20.9. The lowest BCUT2D eigenvalue weighted by Gasteiger charge is -2.31. The summed E-state index contributed by atoms with van der Waals surface area (Å²) in [6, 6.07) is 19.3. The average Bonchev–Trinajstić information content (AvgIpc) is 3.66. The van der Waals surface area contributed by atoms with Crippen LogP contribution in [0.4, 0.5) is 21.2 Å². The number of hydrogen-bond donors (Lipinski definition) is 3. The highest BCUT2D eigenvalue weighted by molar-refractivity contribution is 6.72. The van der Waals surface area contributed by atoms with Crippen molar-refractivity contribution in [3.8, 4) is 0 Å². The van der Waals surface area contributed by atoms with Gasteiger partial charge in [-0.05, 0) is 79.7 Å². The Hall–Kier alpha value is -4.10. The van der Waals surface area contributed by atoms with E-state index < -0.39 is 31.6 Å². The molecule has 2 aliphatic rings. The van der Waals surface area contributed by atoms with Crippen molar-refractivity contribution in [2.45, 2.75) is 63.2 Å². The predicted octanol–water partition coefficient (Wildman–Crippen LogP) is 5.71. The summed E-state index contributed by atoms with van der Waals surface area (Å²) in [7, 11) is -3.36. The van der Waals surface area contributed by atoms with Crippen molar-refractivity contribution in [1.29, 1.82) is 0 Å². The number of nitrogens with zero attached hydrogens (tertiary/aromatic N) is 4. The Bertz CT molecular complexity index is 1800. The van der Waals surface area contributed by atoms with E-state index in [0.29, 0.717) is 58.3 Å². The fourth-order valence-corrected chi connectivity index (χ4v) is 9.87. The first-order valence-corrected chi connectivity index (χ1v) is 19.0. The van der Waals surface area contributed by atoms with Crippen molar-refractivity contribution >= 4 is 48.9 Å². The fraction of sp³-hybridized carbons (Fsp3) is 0.353. The van der Waals surface area contributed by atoms with E-state index in [0.717, 1.165) is 5.56 Å². The van der Waals surface area contributed by atoms with E-state index in [1.807, 2.05) is 31.2 Å². The molecule has 47 heavy (non-hydrogen) atoms. The molecule has 2 amide bonds. The van der Waals surface area contributed by atoms with Crippen LogP contribution < -0.4 is 16.0 Å². The Balaban J connectivity index is 1.28. The Labute approximate surface area is 278 Å². The van der Waals surface area contributed by atoms with Crippen LogP contribution in [0.2, 0.25) is 23.7 Å². The van der Waals surface area contributed by atoms with Gasteiger partial charge in [-0.3, -0.25) is 14.3 Å². The molecule has 4 aromatic rings. The number of hydrogen-bond acceptors (Lipinski definition) is 7. The van der Waals surface area contributed by atoms with E-state index in [1.165, 1.54) is 0 Å². The number of carbonyl (C=O) groups is 2. The highest BCUT2D eigenvalue weighted by Gasteiger charge is 2.66. The summed E-state index contributed by atoms with van der Waals surface area (Å²) < 4.78 is 24.7. The van der Waals surface area contributed by atoms with Crippen LogP contribution >= 0.6 is 11.6 Å². The molecular formula is C34H38ClFN6O4Si. The number of fused-ring (bicyclic) bond motifs is 2. The van der Waals surface area contributed by atoms with Crippen molar-refractivity contribution in [3.63, 3.8) is 0 Å². The molecule has 3 heterocycles. The molecule has 1 saturated heterocycles. The minimum Gasteiger partial charge on any atom is -0.399 e. The van der Waals surface area contributed by atoms with Crippen molar-refractivity contribution < 1.29 is 23.5 Å². The molecule has 246 valence electrons. The Kier molecular flexibility index (Phi) is 8.96. The van der Waals surface area contributed by atoms with Crippen molar-refractivity contribution in [3.05, 3.63) is 100 Å². The van der Waals surface area contributed by atoms with Crippen LogP contribution in [0.25, 0.3) is 0 Å². The Morgan fingerprint density at radius 2 is 1.94 bits per heavy atom. The second-order valence-electron chi connectivity index (χ2n) is 12.8. The number of benzene rings is 3. The van der Waals surface area contributed by atoms with Gasteiger partial charge in [-0.15, -0.1) is 5.10 Å². The average molecular weight is 677 g/mol. The maximum absolute atomic E-state index is 16.2. The SMILES string of the molecule is C[C@H]1[C@H]([Si](C)(C)F)[C@@H](CCn2cc(CCO)nn2)O[C@]12C(=O)N(Cc1cccc(NC(=O)c3ccc(N)cc3)c1)c1ccc(Cl)cc12. The highest BCUT2D eigenvalue weighted by atomic mass is 35.5. The third kappa shape index (κ3) is 6.30. The molecule has 2 aliphatic heterocycles. The summed E-state index contributed by atoms with van der Waals surface area (Å²) >= 11 is 6.51. The molecule has 0 radical (unpaired) electrons. The van der Waals surface area contributed by atoms with Crippen LogP contribution in [0.1, 0.15) is 40.5 Å². The molecule has 3 aromatic carbocycles. The summed E-state index contributed by atoms with van der Waals surface area (Å²) in [5.74, 6) is -1.02. The molecule has 10 nitrogen and oxygen atoms in total. The first-order chi connectivity index (χ1) is 22.4. The molecule has 1 aromatic heterocycles. The van der Waals surface area contributed by atoms with E-state index >= 15 is 4.11 Å². The number of anilines is 3. The molecule has 1 fully saturated rings. The minimum atomic E-state index is -3.36. The number of amides is 2. The summed E-state index contributed by atoms with van der Waals surface area (Å²) in [5.41, 5.74) is 8.21. The van der Waals surface area contributed by atoms with Gasteiger partial charge in [-0.1, -0.05) is 35.9 Å². The molecule has 6 rings (SSSR count). The lowest BCUT2D eigenvalue weighted by atomic mass is 9.82. The van der Waals surface area contributed by atoms with Gasteiger partial charge in [0, 0.05) is 64.8 Å². The molecular weight excluding hydrogens is 639 g/mol. The van der Waals surface area contributed by atoms with Gasteiger partial charge in [-0.2, -0.15) is 0 Å². The first-order valence-electron chi connectivity index (χ1n) is 15.6. The molecule has 1 spiro atoms. The predicted molar refractivity (Wildman–Crippen MR) is 181 cm³/mol. The zero-order valence-electron chi connectivity index (χ0n) is 26.5. The minimum absolute atomic E-state index is 0.0304. The van der Waals surface area contributed by atoms with E-state index in [1.54, 1.807) is 71.3 Å². The van der Waals surface area contributed by atoms with Crippen LogP contribution in [-0.2, 0) is 34.6 Å². The number of aryl methyl sites for hydroxylation is 1. The maximum atomic E-state index is 16.2. The smallest absolute Gasteiger partial charge is 0.264 e. The van der Waals surface area contributed by atoms with E-state index in [2.05, 4.69) is 15.6 Å². The van der Waals surface area contributed by atoms with Gasteiger partial charge in [-0.25, -0.2) is 0 Å². The number of aromatic nitrogens is 3. The molecule has 0 unspecified atom stereocenters. The maximum Gasteiger partial charge on any atom is 0.264 e. The summed E-state index contributed by atoms with van der Waals surface area (Å²) in [6.07, 6.45) is 2.04. The van der Waals surface area contributed by atoms with Crippen LogP contribution in [0.3, 0.4) is 0 Å². The quantitative estimate of drug-likeness (QED) is 0.111. The van der Waals surface area contributed by atoms with Gasteiger partial charge in [0.15, 0.2) is 5.60 Å². The second kappa shape index (κ2) is 12.8. The van der Waals surface area contributed by atoms with Crippen molar-refractivity contribution in [2.75, 3.05) is 22.6 Å². The third-order valence-electron chi connectivity index (χ3n) is 9.22. The zero-order valence-corrected chi connectivity index (χ0v) is 28.2. The van der Waals surface area contributed by atoms with Crippen LogP contribution in [0.5, 0.6) is 0 Å². The Morgan fingerprint density at radius 1 is 1.17 bits per heavy atom. The lowest BCUT2D eigenvalue weighted by Crippen LogP contribution is -2.45. The topological polar surface area (TPSA) is 136 Å². The van der Waals surface area contributed by atoms with Gasteiger partial charge >= 0.3 is 0 Å². The number of halogens is 2. The molecule has 0 saturated carbocycles. The number of nitrogens with one attached hydrogen (secondary N) is 1. The summed E-state index contributed by atoms with van der Waals surface area (Å²) in [4.78, 5) is 29.2. The number of nitrogen functional groups attached to an aromatic ring is 1. The molecule has 0 bridgehead atoms. The van der Waals surface area contributed by atoms with Gasteiger partial charge in [0.2, 0.25) is 8.41 Å². The zero-order chi connectivity index (χ0) is 33.5. The van der Waals surface area contributed by atoms with Crippen LogP contribution in [-0.4, -0.2) is 53.0 Å². The third-order valence-corrected chi connectivity index (χ3v) is 11.9. The second-order valence-corrected chi connectivity index (χ2v) is 17.1. The number of aliphatic hydroxyl groups excluding tert-OH is 1. The molecule has 0 aliphatic carbocycles. The van der Waals surface area contributed by atoms with Gasteiger partial charge in [0.05, 0.1) is 24.0 Å². The van der Waals surface area contributed by atoms with E-state index in [-0.39, 0.29) is 25.0 Å². The molecule has 4 N–H and O–H groups in total. The lowest BCUT2D eigenvalue weighted by molar-refractivity contribution is -0.146. The number of aliphatic hydroxyl groups is 1. The monoisotopic (exact) mass is 676 g/mol. The number of nitrogens with two attached hydrogens (primary N) is 1. The van der Waals surface area contributed by atoms with Crippen molar-refractivity contribution in [2.24, 2.45) is 5.92 Å². The Morgan fingerprint density at radius 3 is 2.66 bits per heavy atom. The van der Waals surface area contributed by atoms with Crippen molar-refractivity contribution in [1.82, 2.24) is 15.0 Å². The first kappa shape index (κ1) is 32.8. The molecule has 13 heteroatoms. The highest BCUT2D eigenvalue weighted by Crippen LogP contribution is 2.60. The van der Waals surface area contributed by atoms with E-state index in [4.69, 9.17) is 22.1 Å². The number of rotatable bonds is 10. The van der Waals surface area contributed by atoms with Crippen LogP contribution in [0, 0.1) is 5.92 Å². The van der Waals surface area contributed by atoms with Crippen LogP contribution in [0.15, 0.2) is 72.9 Å².